The molecule has 0 unspecified atom stereocenters. The van der Waals surface area contributed by atoms with Gasteiger partial charge in [0.2, 0.25) is 0 Å². The van der Waals surface area contributed by atoms with Gasteiger partial charge in [0.25, 0.3) is 0 Å². The summed E-state index contributed by atoms with van der Waals surface area (Å²) in [6.45, 7) is 1.79. The van der Waals surface area contributed by atoms with E-state index in [1.807, 2.05) is 25.5 Å². The van der Waals surface area contributed by atoms with Crippen LogP contribution in [0.4, 0.5) is 5.82 Å². The highest BCUT2D eigenvalue weighted by Crippen LogP contribution is 2.38. The minimum atomic E-state index is -0.309. The number of aromatic nitrogens is 4. The zero-order chi connectivity index (χ0) is 15.9. The number of rotatable bonds is 3. The average Bonchev–Trinajstić information content (AvgIpc) is 3.23. The number of hydrogen-bond donors (Lipinski definition) is 0. The van der Waals surface area contributed by atoms with Gasteiger partial charge in [0, 0.05) is 52.5 Å². The first-order valence-corrected chi connectivity index (χ1v) is 8.57. The van der Waals surface area contributed by atoms with Crippen LogP contribution in [0.15, 0.2) is 30.2 Å². The SMILES string of the molecule is COC1(c2nccn2C)CCN(c2ncnc3ccsc23)CC1. The quantitative estimate of drug-likeness (QED) is 0.739. The van der Waals surface area contributed by atoms with E-state index in [1.165, 1.54) is 0 Å². The van der Waals surface area contributed by atoms with Gasteiger partial charge < -0.3 is 14.2 Å². The normalized spacial score (nSPS) is 17.7. The molecule has 120 valence electrons. The lowest BCUT2D eigenvalue weighted by molar-refractivity contribution is -0.0437. The molecule has 3 aromatic heterocycles. The summed E-state index contributed by atoms with van der Waals surface area (Å²) in [5, 5.41) is 2.07. The van der Waals surface area contributed by atoms with Crippen molar-refractivity contribution < 1.29 is 4.74 Å². The predicted octanol–water partition coefficient (Wildman–Crippen LogP) is 2.57. The molecule has 23 heavy (non-hydrogen) atoms. The number of anilines is 1. The highest BCUT2D eigenvalue weighted by atomic mass is 32.1. The molecule has 1 aliphatic heterocycles. The van der Waals surface area contributed by atoms with Crippen LogP contribution < -0.4 is 4.90 Å². The Morgan fingerprint density at radius 2 is 2.04 bits per heavy atom. The summed E-state index contributed by atoms with van der Waals surface area (Å²) in [6, 6.07) is 2.04. The van der Waals surface area contributed by atoms with Gasteiger partial charge in [-0.15, -0.1) is 11.3 Å². The molecule has 7 heteroatoms. The molecule has 0 amide bonds. The number of aryl methyl sites for hydroxylation is 1. The van der Waals surface area contributed by atoms with Gasteiger partial charge in [-0.05, 0) is 11.4 Å². The number of thiophene rings is 1. The first-order chi connectivity index (χ1) is 11.2. The molecule has 1 fully saturated rings. The minimum absolute atomic E-state index is 0.309. The molecule has 4 heterocycles. The standard InChI is InChI=1S/C16H19N5OS/c1-20-9-6-17-15(20)16(22-2)4-7-21(8-5-16)14-13-12(3-10-23-13)18-11-19-14/h3,6,9-11H,4-5,7-8H2,1-2H3. The van der Waals surface area contributed by atoms with Crippen molar-refractivity contribution in [2.24, 2.45) is 7.05 Å². The van der Waals surface area contributed by atoms with E-state index in [0.29, 0.717) is 0 Å². The fraction of sp³-hybridized carbons (Fsp3) is 0.438. The molecule has 0 radical (unpaired) electrons. The maximum Gasteiger partial charge on any atom is 0.150 e. The molecule has 0 N–H and O–H groups in total. The van der Waals surface area contributed by atoms with Crippen molar-refractivity contribution in [3.8, 4) is 0 Å². The lowest BCUT2D eigenvalue weighted by Gasteiger charge is -2.40. The van der Waals surface area contributed by atoms with E-state index in [-0.39, 0.29) is 5.60 Å². The van der Waals surface area contributed by atoms with Gasteiger partial charge >= 0.3 is 0 Å². The largest absolute Gasteiger partial charge is 0.370 e. The molecule has 0 saturated carbocycles. The van der Waals surface area contributed by atoms with Crippen molar-refractivity contribution in [3.05, 3.63) is 36.0 Å². The highest BCUT2D eigenvalue weighted by molar-refractivity contribution is 7.17. The van der Waals surface area contributed by atoms with E-state index in [1.54, 1.807) is 24.8 Å². The van der Waals surface area contributed by atoms with Crippen molar-refractivity contribution >= 4 is 27.4 Å². The van der Waals surface area contributed by atoms with Gasteiger partial charge in [0.05, 0.1) is 10.2 Å². The third-order valence-electron chi connectivity index (χ3n) is 4.71. The van der Waals surface area contributed by atoms with Gasteiger partial charge in [0.1, 0.15) is 23.6 Å². The summed E-state index contributed by atoms with van der Waals surface area (Å²) in [6.07, 6.45) is 7.25. The van der Waals surface area contributed by atoms with Crippen LogP contribution in [0, 0.1) is 0 Å². The Balaban J connectivity index is 1.61. The number of piperidine rings is 1. The first-order valence-electron chi connectivity index (χ1n) is 7.70. The third kappa shape index (κ3) is 2.31. The molecule has 6 nitrogen and oxygen atoms in total. The van der Waals surface area contributed by atoms with Gasteiger partial charge in [-0.3, -0.25) is 0 Å². The van der Waals surface area contributed by atoms with Crippen molar-refractivity contribution in [2.75, 3.05) is 25.1 Å². The Kier molecular flexibility index (Phi) is 3.54. The van der Waals surface area contributed by atoms with Gasteiger partial charge in [-0.2, -0.15) is 0 Å². The van der Waals surface area contributed by atoms with Crippen LogP contribution in [0.25, 0.3) is 10.2 Å². The van der Waals surface area contributed by atoms with Crippen LogP contribution in [0.2, 0.25) is 0 Å². The monoisotopic (exact) mass is 329 g/mol. The Morgan fingerprint density at radius 1 is 1.22 bits per heavy atom. The van der Waals surface area contributed by atoms with E-state index in [9.17, 15) is 0 Å². The zero-order valence-corrected chi connectivity index (χ0v) is 14.1. The molecule has 0 aromatic carbocycles. The Hall–Kier alpha value is -1.99. The molecule has 1 saturated heterocycles. The summed E-state index contributed by atoms with van der Waals surface area (Å²) in [5.41, 5.74) is 0.712. The third-order valence-corrected chi connectivity index (χ3v) is 5.61. The maximum atomic E-state index is 5.92. The van der Waals surface area contributed by atoms with Crippen molar-refractivity contribution in [3.63, 3.8) is 0 Å². The lowest BCUT2D eigenvalue weighted by atomic mass is 9.90. The number of nitrogens with zero attached hydrogens (tertiary/aromatic N) is 5. The number of methoxy groups -OCH3 is 1. The Labute approximate surface area is 138 Å². The number of fused-ring (bicyclic) bond motifs is 1. The Bertz CT molecular complexity index is 819. The molecule has 0 bridgehead atoms. The molecule has 0 aliphatic carbocycles. The topological polar surface area (TPSA) is 56.1 Å². The first kappa shape index (κ1) is 14.6. The molecule has 0 spiro atoms. The van der Waals surface area contributed by atoms with Crippen molar-refractivity contribution in [2.45, 2.75) is 18.4 Å². The number of ether oxygens (including phenoxy) is 1. The van der Waals surface area contributed by atoms with Crippen molar-refractivity contribution in [1.82, 2.24) is 19.5 Å². The summed E-state index contributed by atoms with van der Waals surface area (Å²) in [4.78, 5) is 15.7. The highest BCUT2D eigenvalue weighted by Gasteiger charge is 2.40. The fourth-order valence-corrected chi connectivity index (χ4v) is 4.27. The van der Waals surface area contributed by atoms with Crippen molar-refractivity contribution in [1.29, 1.82) is 0 Å². The molecule has 1 aliphatic rings. The van der Waals surface area contributed by atoms with E-state index in [2.05, 4.69) is 29.8 Å². The number of imidazole rings is 1. The second-order valence-corrected chi connectivity index (χ2v) is 6.80. The minimum Gasteiger partial charge on any atom is -0.370 e. The average molecular weight is 329 g/mol. The molecular weight excluding hydrogens is 310 g/mol. The van der Waals surface area contributed by atoms with E-state index < -0.39 is 0 Å². The summed E-state index contributed by atoms with van der Waals surface area (Å²) in [7, 11) is 3.81. The van der Waals surface area contributed by atoms with E-state index in [4.69, 9.17) is 4.74 Å². The summed E-state index contributed by atoms with van der Waals surface area (Å²) < 4.78 is 9.14. The van der Waals surface area contributed by atoms with E-state index >= 15 is 0 Å². The van der Waals surface area contributed by atoms with E-state index in [0.717, 1.165) is 47.8 Å². The summed E-state index contributed by atoms with van der Waals surface area (Å²) >= 11 is 1.70. The second-order valence-electron chi connectivity index (χ2n) is 5.88. The van der Waals surface area contributed by atoms with Gasteiger partial charge in [-0.1, -0.05) is 0 Å². The molecule has 3 aromatic rings. The molecular formula is C16H19N5OS. The van der Waals surface area contributed by atoms with Gasteiger partial charge in [0.15, 0.2) is 0 Å². The van der Waals surface area contributed by atoms with Crippen LogP contribution in [-0.2, 0) is 17.4 Å². The van der Waals surface area contributed by atoms with Crippen LogP contribution in [0.1, 0.15) is 18.7 Å². The fourth-order valence-electron chi connectivity index (χ4n) is 3.40. The zero-order valence-electron chi connectivity index (χ0n) is 13.3. The van der Waals surface area contributed by atoms with Crippen LogP contribution in [0.5, 0.6) is 0 Å². The lowest BCUT2D eigenvalue weighted by Crippen LogP contribution is -2.45. The molecule has 0 atom stereocenters. The molecule has 4 rings (SSSR count). The Morgan fingerprint density at radius 3 is 2.74 bits per heavy atom. The second kappa shape index (κ2) is 5.58. The van der Waals surface area contributed by atoms with Crippen LogP contribution in [0.3, 0.4) is 0 Å². The number of hydrogen-bond acceptors (Lipinski definition) is 6. The smallest absolute Gasteiger partial charge is 0.150 e. The predicted molar refractivity (Wildman–Crippen MR) is 90.8 cm³/mol. The summed E-state index contributed by atoms with van der Waals surface area (Å²) in [5.74, 6) is 2.04. The van der Waals surface area contributed by atoms with Crippen LogP contribution in [-0.4, -0.2) is 39.7 Å². The maximum absolute atomic E-state index is 5.92. The van der Waals surface area contributed by atoms with Crippen LogP contribution >= 0.6 is 11.3 Å². The van der Waals surface area contributed by atoms with Gasteiger partial charge in [-0.25, -0.2) is 15.0 Å².